The van der Waals surface area contributed by atoms with Gasteiger partial charge in [-0.25, -0.2) is 16.8 Å². The van der Waals surface area contributed by atoms with Crippen LogP contribution in [0.3, 0.4) is 0 Å². The second-order valence-corrected chi connectivity index (χ2v) is 6.40. The van der Waals surface area contributed by atoms with Crippen LogP contribution in [0.1, 0.15) is 0 Å². The molecule has 0 spiro atoms. The largest absolute Gasteiger partial charge is 0.429 e. The minimum Gasteiger partial charge on any atom is -0.205 e. The minimum atomic E-state index is -6.57. The predicted octanol–water partition coefficient (Wildman–Crippen LogP) is -0.311. The van der Waals surface area contributed by atoms with Crippen LogP contribution in [0.5, 0.6) is 0 Å². The molecule has 1 aliphatic heterocycles. The number of rotatable bonds is 0. The molecule has 17 heavy (non-hydrogen) atoms. The summed E-state index contributed by atoms with van der Waals surface area (Å²) in [5.41, 5.74) is 0. The molecule has 1 saturated heterocycles. The molecule has 1 fully saturated rings. The van der Waals surface area contributed by atoms with Gasteiger partial charge in [0.15, 0.2) is 0 Å². The van der Waals surface area contributed by atoms with Crippen molar-refractivity contribution in [2.45, 2.75) is 16.4 Å². The Morgan fingerprint density at radius 3 is 1.18 bits per heavy atom. The summed E-state index contributed by atoms with van der Waals surface area (Å²) in [6, 6.07) is 0. The van der Waals surface area contributed by atoms with Crippen LogP contribution in [0.15, 0.2) is 0 Å². The van der Waals surface area contributed by atoms with E-state index in [4.69, 9.17) is 0 Å². The Morgan fingerprint density at radius 1 is 0.706 bits per heavy atom. The average molecular weight is 300 g/mol. The van der Waals surface area contributed by atoms with Gasteiger partial charge < -0.3 is 0 Å². The normalized spacial score (nSPS) is 31.2. The average Bonchev–Trinajstić information content (AvgIpc) is 1.98. The van der Waals surface area contributed by atoms with Crippen molar-refractivity contribution in [3.63, 3.8) is 0 Å². The van der Waals surface area contributed by atoms with Crippen molar-refractivity contribution >= 4 is 38.9 Å². The first-order valence-electron chi connectivity index (χ1n) is 3.12. The van der Waals surface area contributed by atoms with Crippen LogP contribution in [-0.2, 0) is 20.0 Å². The molecule has 97 valence electrons. The van der Waals surface area contributed by atoms with Crippen LogP contribution in [0, 0.1) is 0 Å². The summed E-state index contributed by atoms with van der Waals surface area (Å²) in [4.78, 5) is 0. The Morgan fingerprint density at radius 2 is 0.941 bits per heavy atom. The first-order chi connectivity index (χ1) is 6.71. The Labute approximate surface area is 103 Å². The maximum absolute atomic E-state index is 12.5. The molecule has 1 aliphatic rings. The number of alkyl halides is 6. The smallest absolute Gasteiger partial charge is 0.205 e. The summed E-state index contributed by atoms with van der Waals surface area (Å²) < 4.78 is 116. The minimum absolute atomic E-state index is 0. The van der Waals surface area contributed by atoms with Crippen molar-refractivity contribution in [2.24, 2.45) is 0 Å². The van der Waals surface area contributed by atoms with E-state index >= 15 is 0 Å². The fourth-order valence-corrected chi connectivity index (χ4v) is 3.74. The molecular weight excluding hydrogens is 299 g/mol. The van der Waals surface area contributed by atoms with Crippen LogP contribution in [0.25, 0.3) is 0 Å². The molecule has 0 atom stereocenters. The van der Waals surface area contributed by atoms with Crippen LogP contribution < -0.4 is 4.13 Å². The van der Waals surface area contributed by atoms with Crippen molar-refractivity contribution in [1.29, 1.82) is 0 Å². The first kappa shape index (κ1) is 17.0. The first-order valence-corrected chi connectivity index (χ1v) is 6.08. The SMILES string of the molecule is O=S1(=O)NS(=O)(=O)C(F)(F)C(F)(F)C1(F)F.[Li]. The van der Waals surface area contributed by atoms with E-state index in [2.05, 4.69) is 0 Å². The van der Waals surface area contributed by atoms with Gasteiger partial charge in [-0.05, 0) is 0 Å². The maximum Gasteiger partial charge on any atom is 0.429 e. The van der Waals surface area contributed by atoms with Crippen molar-refractivity contribution in [3.8, 4) is 0 Å². The van der Waals surface area contributed by atoms with E-state index in [0.717, 1.165) is 0 Å². The van der Waals surface area contributed by atoms with Crippen LogP contribution >= 0.6 is 0 Å². The van der Waals surface area contributed by atoms with Crippen LogP contribution in [0.4, 0.5) is 26.3 Å². The maximum atomic E-state index is 12.5. The molecule has 0 saturated carbocycles. The molecule has 1 heterocycles. The van der Waals surface area contributed by atoms with Gasteiger partial charge in [-0.15, -0.1) is 0 Å². The third kappa shape index (κ3) is 1.79. The molecule has 0 aromatic rings. The van der Waals surface area contributed by atoms with E-state index in [9.17, 15) is 43.2 Å². The number of halogens is 6. The van der Waals surface area contributed by atoms with Gasteiger partial charge in [0, 0.05) is 18.9 Å². The Bertz CT molecular complexity index is 479. The molecule has 0 aromatic heterocycles. The molecular formula is C3HF6LiNO4S2. The number of sulfonamides is 2. The quantitative estimate of drug-likeness (QED) is 0.491. The van der Waals surface area contributed by atoms with E-state index < -0.39 is 36.5 Å². The summed E-state index contributed by atoms with van der Waals surface area (Å²) in [6.07, 6.45) is 0. The van der Waals surface area contributed by atoms with E-state index in [0.29, 0.717) is 0 Å². The predicted molar refractivity (Wildman–Crippen MR) is 41.6 cm³/mol. The summed E-state index contributed by atoms with van der Waals surface area (Å²) in [6.45, 7) is 0. The monoisotopic (exact) mass is 300 g/mol. The molecule has 0 aromatic carbocycles. The van der Waals surface area contributed by atoms with Crippen molar-refractivity contribution in [3.05, 3.63) is 0 Å². The molecule has 0 amide bonds. The summed E-state index contributed by atoms with van der Waals surface area (Å²) >= 11 is 0. The van der Waals surface area contributed by atoms with Crippen LogP contribution in [0.2, 0.25) is 0 Å². The summed E-state index contributed by atoms with van der Waals surface area (Å²) in [5.74, 6) is -6.57. The number of hydrogen-bond acceptors (Lipinski definition) is 4. The molecule has 1 radical (unpaired) electrons. The second-order valence-electron chi connectivity index (χ2n) is 2.70. The molecule has 14 heteroatoms. The fourth-order valence-electron chi connectivity index (χ4n) is 0.756. The second kappa shape index (κ2) is 3.76. The van der Waals surface area contributed by atoms with Gasteiger partial charge >= 0.3 is 16.4 Å². The molecule has 1 N–H and O–H groups in total. The van der Waals surface area contributed by atoms with Gasteiger partial charge in [0.2, 0.25) is 0 Å². The van der Waals surface area contributed by atoms with Gasteiger partial charge in [-0.1, -0.05) is 4.13 Å². The van der Waals surface area contributed by atoms with E-state index in [-0.39, 0.29) is 23.0 Å². The van der Waals surface area contributed by atoms with Gasteiger partial charge in [0.25, 0.3) is 20.0 Å². The van der Waals surface area contributed by atoms with Crippen molar-refractivity contribution in [2.75, 3.05) is 0 Å². The topological polar surface area (TPSA) is 80.3 Å². The molecule has 0 aliphatic carbocycles. The van der Waals surface area contributed by atoms with E-state index in [1.807, 2.05) is 0 Å². The van der Waals surface area contributed by atoms with Gasteiger partial charge in [-0.2, -0.15) is 26.3 Å². The van der Waals surface area contributed by atoms with Gasteiger partial charge in [0.05, 0.1) is 0 Å². The molecule has 0 unspecified atom stereocenters. The standard InChI is InChI=1S/C3HF6NO4S2.Li/c4-1(5)2(6,7)15(11,12)10-16(13,14)3(1,8)9;/h10H;. The fraction of sp³-hybridized carbons (Fsp3) is 1.00. The summed E-state index contributed by atoms with van der Waals surface area (Å²) in [7, 11) is -12.9. The van der Waals surface area contributed by atoms with Gasteiger partial charge in [0.1, 0.15) is 0 Å². The number of hydrogen-bond donors (Lipinski definition) is 1. The van der Waals surface area contributed by atoms with E-state index in [1.54, 1.807) is 0 Å². The van der Waals surface area contributed by atoms with Crippen LogP contribution in [-0.4, -0.2) is 52.1 Å². The zero-order valence-corrected chi connectivity index (χ0v) is 9.35. The Kier molecular flexibility index (Phi) is 3.77. The molecule has 5 nitrogen and oxygen atoms in total. The summed E-state index contributed by atoms with van der Waals surface area (Å²) in [5, 5.41) is -12.5. The molecule has 0 bridgehead atoms. The third-order valence-electron chi connectivity index (χ3n) is 1.63. The third-order valence-corrected chi connectivity index (χ3v) is 5.24. The molecule has 1 rings (SSSR count). The van der Waals surface area contributed by atoms with Crippen molar-refractivity contribution in [1.82, 2.24) is 4.13 Å². The Hall–Kier alpha value is 0.0374. The zero-order chi connectivity index (χ0) is 13.2. The van der Waals surface area contributed by atoms with Crippen molar-refractivity contribution < 1.29 is 43.2 Å². The van der Waals surface area contributed by atoms with Gasteiger partial charge in [-0.3, -0.25) is 0 Å². The Balaban J connectivity index is 0.00000256. The zero-order valence-electron chi connectivity index (χ0n) is 7.72. The van der Waals surface area contributed by atoms with E-state index in [1.165, 1.54) is 0 Å². The number of nitrogens with one attached hydrogen (secondary N) is 1.